The van der Waals surface area contributed by atoms with Crippen LogP contribution in [-0.4, -0.2) is 36.3 Å². The van der Waals surface area contributed by atoms with E-state index < -0.39 is 0 Å². The third-order valence-corrected chi connectivity index (χ3v) is 6.14. The first-order valence-corrected chi connectivity index (χ1v) is 11.5. The van der Waals surface area contributed by atoms with E-state index in [1.807, 2.05) is 53.9 Å². The number of benzene rings is 2. The average Bonchev–Trinajstić information content (AvgIpc) is 3.30. The van der Waals surface area contributed by atoms with Crippen molar-refractivity contribution in [1.29, 1.82) is 0 Å². The third kappa shape index (κ3) is 5.38. The van der Waals surface area contributed by atoms with Crippen LogP contribution >= 0.6 is 11.3 Å². The summed E-state index contributed by atoms with van der Waals surface area (Å²) in [7, 11) is 1.63. The topological polar surface area (TPSA) is 116 Å². The Bertz CT molecular complexity index is 1290. The van der Waals surface area contributed by atoms with Crippen LogP contribution in [0.15, 0.2) is 60.1 Å². The fourth-order valence-corrected chi connectivity index (χ4v) is 4.48. The molecule has 2 heterocycles. The summed E-state index contributed by atoms with van der Waals surface area (Å²) in [5, 5.41) is 14.2. The number of fused-ring (bicyclic) bond motifs is 1. The van der Waals surface area contributed by atoms with Crippen LogP contribution in [0.3, 0.4) is 0 Å². The van der Waals surface area contributed by atoms with Crippen molar-refractivity contribution in [3.8, 4) is 17.2 Å². The Balaban J connectivity index is 1.45. The zero-order valence-electron chi connectivity index (χ0n) is 18.6. The molecular weight excluding hydrogens is 454 g/mol. The molecule has 34 heavy (non-hydrogen) atoms. The maximum atomic E-state index is 12.4. The minimum atomic E-state index is -0.304. The number of carbonyl (C=O) groups is 1. The molecule has 4 rings (SSSR count). The number of nitrogens with one attached hydrogen (secondary N) is 1. The third-order valence-electron chi connectivity index (χ3n) is 5.08. The quantitative estimate of drug-likeness (QED) is 0.317. The van der Waals surface area contributed by atoms with Crippen LogP contribution < -0.4 is 25.3 Å². The van der Waals surface area contributed by atoms with Gasteiger partial charge >= 0.3 is 0 Å². The van der Waals surface area contributed by atoms with E-state index in [0.29, 0.717) is 34.9 Å². The van der Waals surface area contributed by atoms with Crippen LogP contribution in [0.1, 0.15) is 21.5 Å². The summed E-state index contributed by atoms with van der Waals surface area (Å²) in [5.74, 6) is 2.14. The van der Waals surface area contributed by atoms with Gasteiger partial charge in [0.1, 0.15) is 36.3 Å². The SMILES string of the molecule is COc1cccc(COc2cccc(OCc3csc4c(C(=O)NCCO)cnc(N)c34)c2)c1. The number of thiophene rings is 1. The minimum Gasteiger partial charge on any atom is -0.497 e. The summed E-state index contributed by atoms with van der Waals surface area (Å²) < 4.78 is 17.9. The fraction of sp³-hybridized carbons (Fsp3) is 0.200. The second-order valence-corrected chi connectivity index (χ2v) is 8.29. The lowest BCUT2D eigenvalue weighted by Crippen LogP contribution is -2.26. The van der Waals surface area contributed by atoms with Crippen LogP contribution in [0.5, 0.6) is 17.2 Å². The number of nitrogens with zero attached hydrogens (tertiary/aromatic N) is 1. The number of carbonyl (C=O) groups excluding carboxylic acids is 1. The van der Waals surface area contributed by atoms with Crippen LogP contribution in [0.2, 0.25) is 0 Å². The van der Waals surface area contributed by atoms with Gasteiger partial charge in [0.15, 0.2) is 0 Å². The summed E-state index contributed by atoms with van der Waals surface area (Å²) in [4.78, 5) is 16.6. The average molecular weight is 480 g/mol. The molecule has 0 bridgehead atoms. The lowest BCUT2D eigenvalue weighted by molar-refractivity contribution is 0.0946. The largest absolute Gasteiger partial charge is 0.497 e. The van der Waals surface area contributed by atoms with Crippen molar-refractivity contribution in [3.63, 3.8) is 0 Å². The molecule has 4 aromatic rings. The summed E-state index contributed by atoms with van der Waals surface area (Å²) >= 11 is 1.41. The molecule has 9 heteroatoms. The number of pyridine rings is 1. The number of ether oxygens (including phenoxy) is 3. The van der Waals surface area contributed by atoms with E-state index in [9.17, 15) is 4.79 Å². The fourth-order valence-electron chi connectivity index (χ4n) is 3.41. The van der Waals surface area contributed by atoms with Gasteiger partial charge < -0.3 is 30.4 Å². The van der Waals surface area contributed by atoms with Gasteiger partial charge in [-0.1, -0.05) is 18.2 Å². The number of nitrogens with two attached hydrogens (primary N) is 1. The van der Waals surface area contributed by atoms with Crippen molar-refractivity contribution in [2.75, 3.05) is 26.0 Å². The molecule has 0 atom stereocenters. The Labute approximate surface area is 200 Å². The van der Waals surface area contributed by atoms with Crippen LogP contribution in [0.25, 0.3) is 10.1 Å². The molecule has 0 aliphatic rings. The number of hydrogen-bond acceptors (Lipinski definition) is 8. The number of aliphatic hydroxyl groups is 1. The number of amides is 1. The van der Waals surface area contributed by atoms with Crippen molar-refractivity contribution in [1.82, 2.24) is 10.3 Å². The first-order valence-electron chi connectivity index (χ1n) is 10.6. The normalized spacial score (nSPS) is 10.8. The molecule has 8 nitrogen and oxygen atoms in total. The molecule has 0 saturated heterocycles. The number of nitrogen functional groups attached to an aromatic ring is 1. The number of anilines is 1. The highest BCUT2D eigenvalue weighted by Gasteiger charge is 2.17. The lowest BCUT2D eigenvalue weighted by Gasteiger charge is -2.11. The summed E-state index contributed by atoms with van der Waals surface area (Å²) in [5.41, 5.74) is 8.37. The standard InChI is InChI=1S/C25H25N3O5S/c1-31-18-5-2-4-16(10-18)13-32-19-6-3-7-20(11-19)33-14-17-15-34-23-21(25(30)27-8-9-29)12-28-24(26)22(17)23/h2-7,10-12,15,29H,8-9,13-14H2,1H3,(H2,26,28)(H,27,30). The van der Waals surface area contributed by atoms with E-state index >= 15 is 0 Å². The minimum absolute atomic E-state index is 0.136. The van der Waals surface area contributed by atoms with Crippen LogP contribution in [-0.2, 0) is 13.2 Å². The second kappa shape index (κ2) is 10.9. The summed E-state index contributed by atoms with van der Waals surface area (Å²) in [6.07, 6.45) is 1.45. The molecular formula is C25H25N3O5S. The Morgan fingerprint density at radius 2 is 1.82 bits per heavy atom. The van der Waals surface area contributed by atoms with Crippen molar-refractivity contribution < 1.29 is 24.1 Å². The molecule has 0 spiro atoms. The van der Waals surface area contributed by atoms with E-state index in [4.69, 9.17) is 25.1 Å². The van der Waals surface area contributed by atoms with Crippen molar-refractivity contribution in [2.24, 2.45) is 0 Å². The number of rotatable bonds is 10. The predicted molar refractivity (Wildman–Crippen MR) is 132 cm³/mol. The maximum absolute atomic E-state index is 12.4. The molecule has 2 aromatic carbocycles. The highest BCUT2D eigenvalue weighted by Crippen LogP contribution is 2.33. The predicted octanol–water partition coefficient (Wildman–Crippen LogP) is 3.77. The van der Waals surface area contributed by atoms with Gasteiger partial charge in [-0.05, 0) is 35.2 Å². The summed E-state index contributed by atoms with van der Waals surface area (Å²) in [6.45, 7) is 0.692. The van der Waals surface area contributed by atoms with E-state index in [2.05, 4.69) is 10.3 Å². The van der Waals surface area contributed by atoms with Gasteiger partial charge in [-0.2, -0.15) is 0 Å². The Hall–Kier alpha value is -3.82. The van der Waals surface area contributed by atoms with Gasteiger partial charge in [-0.15, -0.1) is 11.3 Å². The van der Waals surface area contributed by atoms with Gasteiger partial charge in [-0.3, -0.25) is 4.79 Å². The molecule has 0 aliphatic carbocycles. The van der Waals surface area contributed by atoms with Gasteiger partial charge in [0.2, 0.25) is 0 Å². The van der Waals surface area contributed by atoms with E-state index in [-0.39, 0.29) is 25.7 Å². The highest BCUT2D eigenvalue weighted by atomic mass is 32.1. The summed E-state index contributed by atoms with van der Waals surface area (Å²) in [6, 6.07) is 15.1. The van der Waals surface area contributed by atoms with Crippen molar-refractivity contribution in [3.05, 3.63) is 76.8 Å². The molecule has 0 aliphatic heterocycles. The highest BCUT2D eigenvalue weighted by molar-refractivity contribution is 7.17. The molecule has 1 amide bonds. The molecule has 4 N–H and O–H groups in total. The number of aromatic nitrogens is 1. The van der Waals surface area contributed by atoms with E-state index in [1.165, 1.54) is 17.5 Å². The molecule has 0 radical (unpaired) electrons. The van der Waals surface area contributed by atoms with Gasteiger partial charge in [0.25, 0.3) is 5.91 Å². The number of hydrogen-bond donors (Lipinski definition) is 3. The molecule has 176 valence electrons. The smallest absolute Gasteiger partial charge is 0.254 e. The Kier molecular flexibility index (Phi) is 7.46. The number of methoxy groups -OCH3 is 1. The molecule has 2 aromatic heterocycles. The van der Waals surface area contributed by atoms with Gasteiger partial charge in [-0.25, -0.2) is 4.98 Å². The zero-order valence-corrected chi connectivity index (χ0v) is 19.4. The van der Waals surface area contributed by atoms with Crippen molar-refractivity contribution in [2.45, 2.75) is 13.2 Å². The monoisotopic (exact) mass is 479 g/mol. The maximum Gasteiger partial charge on any atom is 0.254 e. The number of aliphatic hydroxyl groups excluding tert-OH is 1. The van der Waals surface area contributed by atoms with Crippen LogP contribution in [0, 0.1) is 0 Å². The van der Waals surface area contributed by atoms with E-state index in [1.54, 1.807) is 7.11 Å². The molecule has 0 saturated carbocycles. The first kappa shape index (κ1) is 23.3. The zero-order chi connectivity index (χ0) is 23.9. The lowest BCUT2D eigenvalue weighted by atomic mass is 10.1. The molecule has 0 fully saturated rings. The van der Waals surface area contributed by atoms with Crippen molar-refractivity contribution >= 4 is 33.1 Å². The molecule has 0 unspecified atom stereocenters. The Morgan fingerprint density at radius 1 is 1.09 bits per heavy atom. The van der Waals surface area contributed by atoms with E-state index in [0.717, 1.165) is 21.6 Å². The Morgan fingerprint density at radius 3 is 2.59 bits per heavy atom. The second-order valence-electron chi connectivity index (χ2n) is 7.41. The van der Waals surface area contributed by atoms with Gasteiger partial charge in [0.05, 0.1) is 24.0 Å². The van der Waals surface area contributed by atoms with Gasteiger partial charge in [0, 0.05) is 29.8 Å². The first-order chi connectivity index (χ1) is 16.6. The van der Waals surface area contributed by atoms with Crippen LogP contribution in [0.4, 0.5) is 5.82 Å².